The minimum Gasteiger partial charge on any atom is -0.444 e. The van der Waals surface area contributed by atoms with Gasteiger partial charge in [0.15, 0.2) is 0 Å². The molecule has 0 unspecified atom stereocenters. The van der Waals surface area contributed by atoms with Crippen LogP contribution >= 0.6 is 0 Å². The normalized spacial score (nSPS) is 17.0. The van der Waals surface area contributed by atoms with Crippen LogP contribution < -0.4 is 22.1 Å². The zero-order valence-corrected chi connectivity index (χ0v) is 28.3. The lowest BCUT2D eigenvalue weighted by atomic mass is 9.81. The number of carbonyl (C=O) groups excluding carboxylic acids is 3. The number of alkyl carbamates (subject to hydrolysis) is 1. The molecule has 13 nitrogen and oxygen atoms in total. The van der Waals surface area contributed by atoms with Crippen LogP contribution in [0.3, 0.4) is 0 Å². The summed E-state index contributed by atoms with van der Waals surface area (Å²) in [7, 11) is 0. The number of aromatic nitrogens is 2. The van der Waals surface area contributed by atoms with Crippen LogP contribution in [-0.4, -0.2) is 98.2 Å². The van der Waals surface area contributed by atoms with Crippen molar-refractivity contribution in [2.75, 3.05) is 44.6 Å². The van der Waals surface area contributed by atoms with E-state index in [0.29, 0.717) is 24.7 Å². The van der Waals surface area contributed by atoms with Crippen molar-refractivity contribution in [1.82, 2.24) is 29.6 Å². The quantitative estimate of drug-likeness (QED) is 0.418. The SMILES string of the molecule is CC(C)(C)OC(=O)NC(C)(C)C(=O)N1CCN(C(=O)Nc2ccn(-c3ccc(CN4CCC(C(C)(C)N)CC4)cc3)c(=O)n2)CC1. The molecule has 0 saturated carbocycles. The molecule has 3 heterocycles. The average Bonchev–Trinajstić information content (AvgIpc) is 2.96. The number of nitrogens with one attached hydrogen (secondary N) is 2. The van der Waals surface area contributed by atoms with Gasteiger partial charge in [0.2, 0.25) is 5.91 Å². The molecule has 4 rings (SSSR count). The first-order valence-corrected chi connectivity index (χ1v) is 16.0. The Morgan fingerprint density at radius 2 is 1.48 bits per heavy atom. The van der Waals surface area contributed by atoms with Crippen LogP contribution in [0.15, 0.2) is 41.3 Å². The molecule has 2 aromatic rings. The number of nitrogens with zero attached hydrogens (tertiary/aromatic N) is 5. The molecule has 0 spiro atoms. The maximum atomic E-state index is 13.1. The van der Waals surface area contributed by atoms with Crippen molar-refractivity contribution in [3.8, 4) is 5.69 Å². The molecule has 0 aliphatic carbocycles. The molecule has 4 N–H and O–H groups in total. The number of nitrogens with two attached hydrogens (primary N) is 1. The van der Waals surface area contributed by atoms with Crippen LogP contribution in [0.2, 0.25) is 0 Å². The molecule has 2 aliphatic heterocycles. The second-order valence-electron chi connectivity index (χ2n) is 14.5. The number of hydrogen-bond donors (Lipinski definition) is 3. The highest BCUT2D eigenvalue weighted by atomic mass is 16.6. The number of anilines is 1. The van der Waals surface area contributed by atoms with Crippen LogP contribution in [0.4, 0.5) is 15.4 Å². The van der Waals surface area contributed by atoms with Gasteiger partial charge in [-0.25, -0.2) is 14.4 Å². The standard InChI is InChI=1S/C33H50N8O5/c1-31(2,3)46-30(45)37-33(6,7)27(42)39-18-20-40(21-19-39)28(43)35-26-14-17-41(29(44)36-26)25-10-8-23(9-11-25)22-38-15-12-24(13-16-38)32(4,5)34/h8-11,14,17,24H,12-13,15-16,18-22,34H2,1-7H3,(H,37,45)(H,35,36,43,44). The monoisotopic (exact) mass is 638 g/mol. The Labute approximate surface area is 271 Å². The van der Waals surface area contributed by atoms with Crippen molar-refractivity contribution in [2.24, 2.45) is 11.7 Å². The lowest BCUT2D eigenvalue weighted by Gasteiger charge is -2.38. The summed E-state index contributed by atoms with van der Waals surface area (Å²) in [6, 6.07) is 9.02. The van der Waals surface area contributed by atoms with E-state index >= 15 is 0 Å². The fourth-order valence-corrected chi connectivity index (χ4v) is 5.83. The van der Waals surface area contributed by atoms with Crippen LogP contribution in [-0.2, 0) is 16.1 Å². The van der Waals surface area contributed by atoms with Crippen molar-refractivity contribution in [3.63, 3.8) is 0 Å². The molecule has 4 amide bonds. The topological polar surface area (TPSA) is 155 Å². The molecular formula is C33H50N8O5. The van der Waals surface area contributed by atoms with Crippen LogP contribution in [0.1, 0.15) is 66.9 Å². The molecule has 0 bridgehead atoms. The van der Waals surface area contributed by atoms with E-state index in [-0.39, 0.29) is 30.4 Å². The molecule has 1 aromatic heterocycles. The summed E-state index contributed by atoms with van der Waals surface area (Å²) in [5, 5.41) is 5.32. The Hall–Kier alpha value is -3.97. The number of amides is 4. The highest BCUT2D eigenvalue weighted by Crippen LogP contribution is 2.27. The van der Waals surface area contributed by atoms with Gasteiger partial charge in [-0.2, -0.15) is 4.98 Å². The number of piperidine rings is 1. The van der Waals surface area contributed by atoms with Gasteiger partial charge < -0.3 is 25.6 Å². The van der Waals surface area contributed by atoms with Crippen molar-refractivity contribution in [2.45, 2.75) is 84.5 Å². The molecule has 2 aliphatic rings. The van der Waals surface area contributed by atoms with E-state index in [1.807, 2.05) is 24.3 Å². The largest absolute Gasteiger partial charge is 0.444 e. The molecular weight excluding hydrogens is 588 g/mol. The molecule has 252 valence electrons. The Balaban J connectivity index is 1.26. The van der Waals surface area contributed by atoms with E-state index in [2.05, 4.69) is 34.4 Å². The van der Waals surface area contributed by atoms with E-state index < -0.39 is 29.0 Å². The predicted molar refractivity (Wildman–Crippen MR) is 177 cm³/mol. The Kier molecular flexibility index (Phi) is 10.5. The summed E-state index contributed by atoms with van der Waals surface area (Å²) < 4.78 is 6.72. The first-order valence-electron chi connectivity index (χ1n) is 16.0. The number of hydrogen-bond acceptors (Lipinski definition) is 8. The molecule has 0 radical (unpaired) electrons. The van der Waals surface area contributed by atoms with Crippen molar-refractivity contribution in [1.29, 1.82) is 0 Å². The predicted octanol–water partition coefficient (Wildman–Crippen LogP) is 3.16. The summed E-state index contributed by atoms with van der Waals surface area (Å²) in [5.41, 5.74) is 5.65. The van der Waals surface area contributed by atoms with Gasteiger partial charge in [0, 0.05) is 44.5 Å². The average molecular weight is 639 g/mol. The lowest BCUT2D eigenvalue weighted by Crippen LogP contribution is -2.60. The highest BCUT2D eigenvalue weighted by molar-refractivity contribution is 5.90. The summed E-state index contributed by atoms with van der Waals surface area (Å²) in [4.78, 5) is 60.8. The number of carbonyl (C=O) groups is 3. The number of rotatable bonds is 7. The number of piperazine rings is 1. The molecule has 2 saturated heterocycles. The zero-order chi connectivity index (χ0) is 33.9. The van der Waals surface area contributed by atoms with Crippen LogP contribution in [0.5, 0.6) is 0 Å². The van der Waals surface area contributed by atoms with Gasteiger partial charge >= 0.3 is 17.8 Å². The van der Waals surface area contributed by atoms with Gasteiger partial charge in [-0.15, -0.1) is 0 Å². The Bertz CT molecular complexity index is 1440. The van der Waals surface area contributed by atoms with Gasteiger partial charge in [-0.1, -0.05) is 12.1 Å². The third-order valence-corrected chi connectivity index (χ3v) is 8.50. The fourth-order valence-electron chi connectivity index (χ4n) is 5.83. The van der Waals surface area contributed by atoms with E-state index in [1.165, 1.54) is 10.1 Å². The van der Waals surface area contributed by atoms with E-state index in [1.54, 1.807) is 56.7 Å². The fraction of sp³-hybridized carbons (Fsp3) is 0.606. The summed E-state index contributed by atoms with van der Waals surface area (Å²) in [5.74, 6) is 0.411. The number of ether oxygens (including phenoxy) is 1. The third-order valence-electron chi connectivity index (χ3n) is 8.50. The van der Waals surface area contributed by atoms with Gasteiger partial charge in [0.25, 0.3) is 0 Å². The highest BCUT2D eigenvalue weighted by Gasteiger charge is 2.37. The zero-order valence-electron chi connectivity index (χ0n) is 28.3. The first-order chi connectivity index (χ1) is 21.4. The molecule has 0 atom stereocenters. The van der Waals surface area contributed by atoms with Gasteiger partial charge in [-0.05, 0) is 104 Å². The molecule has 2 fully saturated rings. The van der Waals surface area contributed by atoms with Crippen molar-refractivity contribution >= 4 is 23.8 Å². The lowest BCUT2D eigenvalue weighted by molar-refractivity contribution is -0.138. The van der Waals surface area contributed by atoms with Gasteiger partial charge in [-0.3, -0.25) is 19.6 Å². The number of likely N-dealkylation sites (tertiary alicyclic amines) is 1. The van der Waals surface area contributed by atoms with E-state index in [9.17, 15) is 19.2 Å². The Morgan fingerprint density at radius 3 is 2.02 bits per heavy atom. The molecule has 13 heteroatoms. The molecule has 46 heavy (non-hydrogen) atoms. The summed E-state index contributed by atoms with van der Waals surface area (Å²) in [6.45, 7) is 16.7. The van der Waals surface area contributed by atoms with E-state index in [0.717, 1.165) is 32.5 Å². The maximum Gasteiger partial charge on any atom is 0.408 e. The van der Waals surface area contributed by atoms with Gasteiger partial charge in [0.05, 0.1) is 5.69 Å². The van der Waals surface area contributed by atoms with Crippen molar-refractivity contribution in [3.05, 3.63) is 52.6 Å². The number of benzene rings is 1. The van der Waals surface area contributed by atoms with Crippen LogP contribution in [0, 0.1) is 5.92 Å². The smallest absolute Gasteiger partial charge is 0.408 e. The third kappa shape index (κ3) is 9.29. The maximum absolute atomic E-state index is 13.1. The minimum absolute atomic E-state index is 0.146. The second-order valence-corrected chi connectivity index (χ2v) is 14.5. The first kappa shape index (κ1) is 34.9. The van der Waals surface area contributed by atoms with Crippen LogP contribution in [0.25, 0.3) is 5.69 Å². The van der Waals surface area contributed by atoms with Crippen molar-refractivity contribution < 1.29 is 19.1 Å². The second kappa shape index (κ2) is 13.8. The summed E-state index contributed by atoms with van der Waals surface area (Å²) >= 11 is 0. The minimum atomic E-state index is -1.18. The number of urea groups is 1. The van der Waals surface area contributed by atoms with E-state index in [4.69, 9.17) is 10.5 Å². The molecule has 1 aromatic carbocycles. The Morgan fingerprint density at radius 1 is 0.891 bits per heavy atom. The summed E-state index contributed by atoms with van der Waals surface area (Å²) in [6.07, 6.45) is 3.11. The van der Waals surface area contributed by atoms with Gasteiger partial charge in [0.1, 0.15) is 17.0 Å².